The standard InChI is InChI=1S/C12H8Cl2F4N2O2/c13-5-1-2-6(7(14)3-5)10(21)20-12(22,11(17)18)4-8(19-20)9(15)16/h1-3,9,11,22H,4H2/t12-/m1/s1. The van der Waals surface area contributed by atoms with Crippen molar-refractivity contribution in [2.24, 2.45) is 5.10 Å². The Balaban J connectivity index is 2.44. The molecule has 1 N–H and O–H groups in total. The topological polar surface area (TPSA) is 52.9 Å². The third-order valence-corrected chi connectivity index (χ3v) is 3.54. The van der Waals surface area contributed by atoms with Crippen LogP contribution >= 0.6 is 23.2 Å². The van der Waals surface area contributed by atoms with Gasteiger partial charge in [-0.15, -0.1) is 0 Å². The van der Waals surface area contributed by atoms with Gasteiger partial charge in [-0.3, -0.25) is 4.79 Å². The maximum atomic E-state index is 13.0. The van der Waals surface area contributed by atoms with Crippen LogP contribution in [0.25, 0.3) is 0 Å². The Kier molecular flexibility index (Phi) is 4.65. The van der Waals surface area contributed by atoms with E-state index in [9.17, 15) is 27.5 Å². The number of benzene rings is 1. The van der Waals surface area contributed by atoms with E-state index in [0.29, 0.717) is 0 Å². The number of nitrogens with zero attached hydrogens (tertiary/aromatic N) is 2. The summed E-state index contributed by atoms with van der Waals surface area (Å²) in [4.78, 5) is 12.2. The molecule has 120 valence electrons. The minimum absolute atomic E-state index is 0.0612. The molecule has 1 heterocycles. The van der Waals surface area contributed by atoms with Crippen LogP contribution in [-0.4, -0.2) is 40.3 Å². The van der Waals surface area contributed by atoms with Crippen molar-refractivity contribution in [3.8, 4) is 0 Å². The number of aliphatic hydroxyl groups is 1. The van der Waals surface area contributed by atoms with Gasteiger partial charge in [0.15, 0.2) is 0 Å². The zero-order valence-corrected chi connectivity index (χ0v) is 12.1. The highest BCUT2D eigenvalue weighted by Crippen LogP contribution is 2.35. The molecule has 0 saturated heterocycles. The van der Waals surface area contributed by atoms with E-state index in [4.69, 9.17) is 23.2 Å². The fourth-order valence-corrected chi connectivity index (χ4v) is 2.37. The molecule has 0 unspecified atom stereocenters. The van der Waals surface area contributed by atoms with Crippen LogP contribution in [0.5, 0.6) is 0 Å². The Hall–Kier alpha value is -1.38. The van der Waals surface area contributed by atoms with Crippen molar-refractivity contribution in [2.45, 2.75) is 25.0 Å². The second-order valence-corrected chi connectivity index (χ2v) is 5.33. The highest BCUT2D eigenvalue weighted by atomic mass is 35.5. The van der Waals surface area contributed by atoms with Gasteiger partial charge in [0.2, 0.25) is 5.72 Å². The summed E-state index contributed by atoms with van der Waals surface area (Å²) in [7, 11) is 0. The molecule has 0 bridgehead atoms. The van der Waals surface area contributed by atoms with Crippen LogP contribution in [0.2, 0.25) is 10.0 Å². The Labute approximate surface area is 131 Å². The Morgan fingerprint density at radius 3 is 2.45 bits per heavy atom. The van der Waals surface area contributed by atoms with E-state index in [1.165, 1.54) is 12.1 Å². The summed E-state index contributed by atoms with van der Waals surface area (Å²) in [5.74, 6) is -1.24. The van der Waals surface area contributed by atoms with Crippen LogP contribution < -0.4 is 0 Å². The van der Waals surface area contributed by atoms with Crippen LogP contribution in [0.1, 0.15) is 16.8 Å². The first-order valence-corrected chi connectivity index (χ1v) is 6.58. The van der Waals surface area contributed by atoms with Gasteiger partial charge < -0.3 is 5.11 Å². The number of hydrogen-bond acceptors (Lipinski definition) is 3. The second kappa shape index (κ2) is 6.02. The van der Waals surface area contributed by atoms with Crippen LogP contribution in [0.4, 0.5) is 17.6 Å². The molecule has 1 aromatic carbocycles. The summed E-state index contributed by atoms with van der Waals surface area (Å²) in [6.45, 7) is 0. The SMILES string of the molecule is O=C(c1ccc(Cl)cc1Cl)N1N=C(C(F)F)C[C@@]1(O)C(F)F. The lowest BCUT2D eigenvalue weighted by molar-refractivity contribution is -0.164. The van der Waals surface area contributed by atoms with Crippen molar-refractivity contribution in [1.82, 2.24) is 5.01 Å². The Bertz CT molecular complexity index is 642. The third kappa shape index (κ3) is 2.90. The van der Waals surface area contributed by atoms with Crippen LogP contribution in [0.3, 0.4) is 0 Å². The molecule has 1 aliphatic heterocycles. The molecule has 1 amide bonds. The van der Waals surface area contributed by atoms with Crippen molar-refractivity contribution in [3.63, 3.8) is 0 Å². The predicted octanol–water partition coefficient (Wildman–Crippen LogP) is 3.41. The Morgan fingerprint density at radius 1 is 1.32 bits per heavy atom. The summed E-state index contributed by atoms with van der Waals surface area (Å²) >= 11 is 11.4. The van der Waals surface area contributed by atoms with Crippen LogP contribution in [-0.2, 0) is 0 Å². The maximum absolute atomic E-state index is 13.0. The molecule has 0 saturated carbocycles. The van der Waals surface area contributed by atoms with Crippen molar-refractivity contribution in [3.05, 3.63) is 33.8 Å². The van der Waals surface area contributed by atoms with Gasteiger partial charge in [0.1, 0.15) is 5.71 Å². The number of rotatable bonds is 3. The quantitative estimate of drug-likeness (QED) is 0.841. The number of carbonyl (C=O) groups excluding carboxylic acids is 1. The average molecular weight is 359 g/mol. The number of halogens is 6. The van der Waals surface area contributed by atoms with Gasteiger partial charge in [0.05, 0.1) is 10.6 Å². The van der Waals surface area contributed by atoms with Crippen LogP contribution in [0.15, 0.2) is 23.3 Å². The fourth-order valence-electron chi connectivity index (χ4n) is 1.88. The molecule has 10 heteroatoms. The molecule has 4 nitrogen and oxygen atoms in total. The van der Waals surface area contributed by atoms with E-state index in [1.54, 1.807) is 0 Å². The monoisotopic (exact) mass is 358 g/mol. The normalized spacial score (nSPS) is 21.7. The molecule has 0 fully saturated rings. The van der Waals surface area contributed by atoms with E-state index in [0.717, 1.165) is 6.07 Å². The largest absolute Gasteiger partial charge is 0.364 e. The van der Waals surface area contributed by atoms with Gasteiger partial charge in [-0.2, -0.15) is 10.1 Å². The molecule has 1 aliphatic rings. The first-order chi connectivity index (χ1) is 10.2. The summed E-state index contributed by atoms with van der Waals surface area (Å²) in [6.07, 6.45) is -7.83. The molecule has 0 aromatic heterocycles. The zero-order chi connectivity index (χ0) is 16.7. The predicted molar refractivity (Wildman–Crippen MR) is 71.6 cm³/mol. The molecule has 0 aliphatic carbocycles. The van der Waals surface area contributed by atoms with E-state index in [1.807, 2.05) is 0 Å². The van der Waals surface area contributed by atoms with Crippen molar-refractivity contribution in [2.75, 3.05) is 0 Å². The lowest BCUT2D eigenvalue weighted by Gasteiger charge is -2.30. The number of hydrazone groups is 1. The van der Waals surface area contributed by atoms with Gasteiger partial charge in [-0.25, -0.2) is 17.6 Å². The van der Waals surface area contributed by atoms with Gasteiger partial charge in [0, 0.05) is 11.4 Å². The van der Waals surface area contributed by atoms with E-state index < -0.39 is 36.6 Å². The molecule has 1 atom stereocenters. The van der Waals surface area contributed by atoms with E-state index in [-0.39, 0.29) is 20.6 Å². The molecular formula is C12H8Cl2F4N2O2. The summed E-state index contributed by atoms with van der Waals surface area (Å²) in [5.41, 5.74) is -4.46. The molecule has 2 rings (SSSR count). The van der Waals surface area contributed by atoms with Gasteiger partial charge in [-0.05, 0) is 18.2 Å². The van der Waals surface area contributed by atoms with E-state index in [2.05, 4.69) is 5.10 Å². The number of hydrogen-bond donors (Lipinski definition) is 1. The molecule has 22 heavy (non-hydrogen) atoms. The maximum Gasteiger partial charge on any atom is 0.287 e. The summed E-state index contributed by atoms with van der Waals surface area (Å²) < 4.78 is 51.4. The highest BCUT2D eigenvalue weighted by Gasteiger charge is 2.53. The van der Waals surface area contributed by atoms with Crippen molar-refractivity contribution >= 4 is 34.8 Å². The highest BCUT2D eigenvalue weighted by molar-refractivity contribution is 6.36. The summed E-state index contributed by atoms with van der Waals surface area (Å²) in [6, 6.07) is 3.55. The van der Waals surface area contributed by atoms with Gasteiger partial charge in [-0.1, -0.05) is 23.2 Å². The van der Waals surface area contributed by atoms with Crippen molar-refractivity contribution < 1.29 is 27.5 Å². The van der Waals surface area contributed by atoms with Crippen molar-refractivity contribution in [1.29, 1.82) is 0 Å². The average Bonchev–Trinajstić information content (AvgIpc) is 2.78. The first kappa shape index (κ1) is 17.0. The van der Waals surface area contributed by atoms with Gasteiger partial charge in [0.25, 0.3) is 18.8 Å². The van der Waals surface area contributed by atoms with E-state index >= 15 is 0 Å². The molecule has 0 radical (unpaired) electrons. The zero-order valence-electron chi connectivity index (χ0n) is 10.6. The number of amides is 1. The minimum Gasteiger partial charge on any atom is -0.364 e. The lowest BCUT2D eigenvalue weighted by Crippen LogP contribution is -2.51. The first-order valence-electron chi connectivity index (χ1n) is 5.82. The third-order valence-electron chi connectivity index (χ3n) is 2.99. The lowest BCUT2D eigenvalue weighted by atomic mass is 10.1. The molecule has 0 spiro atoms. The molecule has 1 aromatic rings. The van der Waals surface area contributed by atoms with Gasteiger partial charge >= 0.3 is 0 Å². The fraction of sp³-hybridized carbons (Fsp3) is 0.333. The summed E-state index contributed by atoms with van der Waals surface area (Å²) in [5, 5.41) is 12.9. The Morgan fingerprint density at radius 2 is 1.95 bits per heavy atom. The number of carbonyl (C=O) groups is 1. The minimum atomic E-state index is -3.50. The smallest absolute Gasteiger partial charge is 0.287 e. The second-order valence-electron chi connectivity index (χ2n) is 4.49. The number of alkyl halides is 4. The molecular weight excluding hydrogens is 351 g/mol. The van der Waals surface area contributed by atoms with Crippen LogP contribution in [0, 0.1) is 0 Å².